The average Bonchev–Trinajstić information content (AvgIpc) is 3.25. The first-order valence-electron chi connectivity index (χ1n) is 9.13. The molecule has 1 aliphatic rings. The van der Waals surface area contributed by atoms with Gasteiger partial charge in [0, 0.05) is 58.0 Å². The van der Waals surface area contributed by atoms with Gasteiger partial charge < -0.3 is 25.0 Å². The first-order chi connectivity index (χ1) is 13.0. The summed E-state index contributed by atoms with van der Waals surface area (Å²) in [6, 6.07) is 8.37. The summed E-state index contributed by atoms with van der Waals surface area (Å²) in [5.41, 5.74) is 2.27. The topological polar surface area (TPSA) is 60.7 Å². The Morgan fingerprint density at radius 2 is 2.18 bits per heavy atom. The SMILES string of the molecule is CN=C(NCc1cnc(N(C)C)n1C)NC1CCN(c2cccc(Cl)c2)C1.I. The van der Waals surface area contributed by atoms with Gasteiger partial charge in [0.25, 0.3) is 0 Å². The molecule has 0 spiro atoms. The predicted octanol–water partition coefficient (Wildman–Crippen LogP) is 2.70. The molecule has 0 aliphatic carbocycles. The molecule has 2 heterocycles. The Bertz CT molecular complexity index is 805. The van der Waals surface area contributed by atoms with E-state index in [1.807, 2.05) is 50.4 Å². The normalized spacial score (nSPS) is 16.7. The van der Waals surface area contributed by atoms with Crippen molar-refractivity contribution in [3.05, 3.63) is 41.2 Å². The van der Waals surface area contributed by atoms with Crippen molar-refractivity contribution in [2.24, 2.45) is 12.0 Å². The highest BCUT2D eigenvalue weighted by molar-refractivity contribution is 14.0. The van der Waals surface area contributed by atoms with E-state index in [2.05, 4.69) is 36.1 Å². The maximum Gasteiger partial charge on any atom is 0.204 e. The molecule has 154 valence electrons. The van der Waals surface area contributed by atoms with Crippen LogP contribution in [0.3, 0.4) is 0 Å². The van der Waals surface area contributed by atoms with Gasteiger partial charge in [-0.2, -0.15) is 0 Å². The second-order valence-electron chi connectivity index (χ2n) is 6.98. The number of guanidine groups is 1. The summed E-state index contributed by atoms with van der Waals surface area (Å²) in [6.07, 6.45) is 2.95. The van der Waals surface area contributed by atoms with E-state index in [0.717, 1.165) is 42.1 Å². The molecule has 3 rings (SSSR count). The van der Waals surface area contributed by atoms with Gasteiger partial charge in [-0.3, -0.25) is 4.99 Å². The second kappa shape index (κ2) is 10.2. The highest BCUT2D eigenvalue weighted by Gasteiger charge is 2.23. The van der Waals surface area contributed by atoms with Crippen molar-refractivity contribution < 1.29 is 0 Å². The number of imidazole rings is 1. The Balaban J connectivity index is 0.00000280. The number of benzene rings is 1. The number of halogens is 2. The Hall–Kier alpha value is -1.68. The Kier molecular flexibility index (Phi) is 8.23. The summed E-state index contributed by atoms with van der Waals surface area (Å²) in [5, 5.41) is 7.69. The van der Waals surface area contributed by atoms with Crippen LogP contribution in [-0.2, 0) is 13.6 Å². The van der Waals surface area contributed by atoms with Gasteiger partial charge in [0.05, 0.1) is 18.4 Å². The van der Waals surface area contributed by atoms with Crippen molar-refractivity contribution >= 4 is 53.2 Å². The van der Waals surface area contributed by atoms with E-state index < -0.39 is 0 Å². The number of hydrogen-bond acceptors (Lipinski definition) is 4. The van der Waals surface area contributed by atoms with Crippen LogP contribution < -0.4 is 20.4 Å². The van der Waals surface area contributed by atoms with Crippen molar-refractivity contribution in [3.8, 4) is 0 Å². The molecular weight excluding hydrogens is 489 g/mol. The van der Waals surface area contributed by atoms with Gasteiger partial charge in [-0.05, 0) is 24.6 Å². The minimum atomic E-state index is 0. The van der Waals surface area contributed by atoms with Gasteiger partial charge in [0.1, 0.15) is 0 Å². The van der Waals surface area contributed by atoms with Crippen LogP contribution in [0.1, 0.15) is 12.1 Å². The lowest BCUT2D eigenvalue weighted by molar-refractivity contribution is 0.644. The van der Waals surface area contributed by atoms with Gasteiger partial charge in [0.2, 0.25) is 5.95 Å². The van der Waals surface area contributed by atoms with Crippen molar-refractivity contribution in [2.75, 3.05) is 44.0 Å². The maximum absolute atomic E-state index is 6.12. The third-order valence-electron chi connectivity index (χ3n) is 4.82. The molecule has 1 saturated heterocycles. The first-order valence-corrected chi connectivity index (χ1v) is 9.51. The van der Waals surface area contributed by atoms with E-state index in [1.165, 1.54) is 5.69 Å². The molecule has 7 nitrogen and oxygen atoms in total. The highest BCUT2D eigenvalue weighted by atomic mass is 127. The minimum Gasteiger partial charge on any atom is -0.369 e. The standard InChI is InChI=1S/C19H28ClN7.HI/c1-21-18(22-11-17-12-23-19(25(2)3)26(17)4)24-15-8-9-27(13-15)16-7-5-6-14(20)10-16;/h5-7,10,12,15H,8-9,11,13H2,1-4H3,(H2,21,22,24);1H. The largest absolute Gasteiger partial charge is 0.369 e. The number of aliphatic imine (C=N–C) groups is 1. The van der Waals surface area contributed by atoms with Crippen molar-refractivity contribution in [1.29, 1.82) is 0 Å². The molecule has 28 heavy (non-hydrogen) atoms. The summed E-state index contributed by atoms with van der Waals surface area (Å²) >= 11 is 6.12. The lowest BCUT2D eigenvalue weighted by atomic mass is 10.2. The summed E-state index contributed by atoms with van der Waals surface area (Å²) < 4.78 is 2.08. The van der Waals surface area contributed by atoms with Crippen molar-refractivity contribution in [1.82, 2.24) is 20.2 Å². The molecule has 1 aromatic heterocycles. The van der Waals surface area contributed by atoms with E-state index in [1.54, 1.807) is 7.05 Å². The molecule has 0 saturated carbocycles. The summed E-state index contributed by atoms with van der Waals surface area (Å²) in [4.78, 5) is 13.2. The fourth-order valence-corrected chi connectivity index (χ4v) is 3.55. The van der Waals surface area contributed by atoms with E-state index in [0.29, 0.717) is 12.6 Å². The molecule has 0 bridgehead atoms. The lowest BCUT2D eigenvalue weighted by Gasteiger charge is -2.20. The number of rotatable bonds is 5. The first kappa shape index (κ1) is 22.6. The zero-order valence-corrected chi connectivity index (χ0v) is 19.9. The number of aromatic nitrogens is 2. The number of nitrogens with zero attached hydrogens (tertiary/aromatic N) is 5. The minimum absolute atomic E-state index is 0. The van der Waals surface area contributed by atoms with E-state index in [9.17, 15) is 0 Å². The van der Waals surface area contributed by atoms with E-state index >= 15 is 0 Å². The molecule has 0 radical (unpaired) electrons. The fraction of sp³-hybridized carbons (Fsp3) is 0.474. The zero-order valence-electron chi connectivity index (χ0n) is 16.8. The molecule has 1 fully saturated rings. The molecule has 1 unspecified atom stereocenters. The smallest absolute Gasteiger partial charge is 0.204 e. The van der Waals surface area contributed by atoms with E-state index in [4.69, 9.17) is 11.6 Å². The maximum atomic E-state index is 6.12. The molecule has 2 N–H and O–H groups in total. The van der Waals surface area contributed by atoms with Crippen molar-refractivity contribution in [3.63, 3.8) is 0 Å². The second-order valence-corrected chi connectivity index (χ2v) is 7.42. The lowest BCUT2D eigenvalue weighted by Crippen LogP contribution is -2.44. The van der Waals surface area contributed by atoms with Crippen LogP contribution in [0.2, 0.25) is 5.02 Å². The molecule has 1 atom stereocenters. The van der Waals surface area contributed by atoms with Crippen LogP contribution in [-0.4, -0.2) is 55.8 Å². The highest BCUT2D eigenvalue weighted by Crippen LogP contribution is 2.23. The monoisotopic (exact) mass is 517 g/mol. The molecule has 1 aliphatic heterocycles. The number of anilines is 2. The Morgan fingerprint density at radius 3 is 2.82 bits per heavy atom. The van der Waals surface area contributed by atoms with Crippen LogP contribution in [0.5, 0.6) is 0 Å². The number of hydrogen-bond donors (Lipinski definition) is 2. The van der Waals surface area contributed by atoms with Crippen molar-refractivity contribution in [2.45, 2.75) is 19.0 Å². The zero-order chi connectivity index (χ0) is 19.4. The average molecular weight is 518 g/mol. The molecule has 1 aromatic carbocycles. The van der Waals surface area contributed by atoms with Gasteiger partial charge in [-0.25, -0.2) is 4.98 Å². The summed E-state index contributed by atoms with van der Waals surface area (Å²) in [6.45, 7) is 2.60. The van der Waals surface area contributed by atoms with Gasteiger partial charge in [-0.15, -0.1) is 24.0 Å². The van der Waals surface area contributed by atoms with Gasteiger partial charge in [-0.1, -0.05) is 17.7 Å². The summed E-state index contributed by atoms with van der Waals surface area (Å²) in [7, 11) is 7.81. The number of nitrogens with one attached hydrogen (secondary N) is 2. The van der Waals surface area contributed by atoms with Crippen LogP contribution in [0.4, 0.5) is 11.6 Å². The quantitative estimate of drug-likeness (QED) is 0.363. The molecule has 2 aromatic rings. The predicted molar refractivity (Wildman–Crippen MR) is 128 cm³/mol. The van der Waals surface area contributed by atoms with Gasteiger partial charge in [0.15, 0.2) is 5.96 Å². The van der Waals surface area contributed by atoms with Gasteiger partial charge >= 0.3 is 0 Å². The third kappa shape index (κ3) is 5.44. The Labute approximate surface area is 189 Å². The molecule has 9 heteroatoms. The summed E-state index contributed by atoms with van der Waals surface area (Å²) in [5.74, 6) is 1.74. The van der Waals surface area contributed by atoms with Crippen LogP contribution in [0.25, 0.3) is 0 Å². The fourth-order valence-electron chi connectivity index (χ4n) is 3.36. The van der Waals surface area contributed by atoms with E-state index in [-0.39, 0.29) is 24.0 Å². The molecular formula is C19H29ClIN7. The van der Waals surface area contributed by atoms with Crippen LogP contribution in [0, 0.1) is 0 Å². The molecule has 0 amide bonds. The Morgan fingerprint density at radius 1 is 1.39 bits per heavy atom. The van der Waals surface area contributed by atoms with Crippen LogP contribution in [0.15, 0.2) is 35.5 Å². The van der Waals surface area contributed by atoms with Crippen LogP contribution >= 0.6 is 35.6 Å². The third-order valence-corrected chi connectivity index (χ3v) is 5.06.